The Morgan fingerprint density at radius 1 is 1.04 bits per heavy atom. The summed E-state index contributed by atoms with van der Waals surface area (Å²) < 4.78 is 5.07. The van der Waals surface area contributed by atoms with E-state index in [0.717, 1.165) is 17.1 Å². The summed E-state index contributed by atoms with van der Waals surface area (Å²) in [5.41, 5.74) is 2.21. The molecule has 0 radical (unpaired) electrons. The van der Waals surface area contributed by atoms with Gasteiger partial charge < -0.3 is 15.4 Å². The molecule has 0 aliphatic carbocycles. The average molecular weight is 312 g/mol. The number of carbonyl (C=O) groups excluding carboxylic acids is 2. The number of hydrogen-bond acceptors (Lipinski definition) is 4. The number of methoxy groups -OCH3 is 1. The number of benzene rings is 2. The van der Waals surface area contributed by atoms with Crippen LogP contribution in [-0.2, 0) is 4.79 Å². The molecular weight excluding hydrogens is 292 g/mol. The molecule has 5 heteroatoms. The first-order chi connectivity index (χ1) is 11.1. The molecule has 120 valence electrons. The van der Waals surface area contributed by atoms with Crippen LogP contribution in [0.25, 0.3) is 0 Å². The lowest BCUT2D eigenvalue weighted by molar-refractivity contribution is -0.115. The minimum absolute atomic E-state index is 0.0194. The van der Waals surface area contributed by atoms with Gasteiger partial charge in [0.1, 0.15) is 5.75 Å². The van der Waals surface area contributed by atoms with Gasteiger partial charge in [0.15, 0.2) is 5.78 Å². The van der Waals surface area contributed by atoms with Crippen LogP contribution in [0.5, 0.6) is 5.75 Å². The van der Waals surface area contributed by atoms with Gasteiger partial charge in [0.25, 0.3) is 0 Å². The number of rotatable bonds is 7. The Morgan fingerprint density at radius 3 is 2.43 bits per heavy atom. The zero-order chi connectivity index (χ0) is 16.7. The van der Waals surface area contributed by atoms with Crippen molar-refractivity contribution in [3.05, 3.63) is 54.1 Å². The molecule has 0 aliphatic heterocycles. The summed E-state index contributed by atoms with van der Waals surface area (Å²) in [5.74, 6) is 0.686. The van der Waals surface area contributed by atoms with Crippen molar-refractivity contribution in [3.8, 4) is 5.75 Å². The fourth-order valence-electron chi connectivity index (χ4n) is 2.07. The summed E-state index contributed by atoms with van der Waals surface area (Å²) in [7, 11) is 1.60. The van der Waals surface area contributed by atoms with Crippen LogP contribution in [0, 0.1) is 0 Å². The van der Waals surface area contributed by atoms with Crippen LogP contribution in [0.4, 0.5) is 11.4 Å². The smallest absolute Gasteiger partial charge is 0.226 e. The lowest BCUT2D eigenvalue weighted by Crippen LogP contribution is -2.16. The van der Waals surface area contributed by atoms with Gasteiger partial charge >= 0.3 is 0 Å². The van der Waals surface area contributed by atoms with E-state index in [-0.39, 0.29) is 11.7 Å². The fraction of sp³-hybridized carbons (Fsp3) is 0.222. The number of carbonyl (C=O) groups is 2. The number of hydrogen-bond donors (Lipinski definition) is 2. The van der Waals surface area contributed by atoms with Crippen LogP contribution in [-0.4, -0.2) is 25.3 Å². The van der Waals surface area contributed by atoms with Crippen molar-refractivity contribution in [2.45, 2.75) is 13.3 Å². The summed E-state index contributed by atoms with van der Waals surface area (Å²) >= 11 is 0. The maximum Gasteiger partial charge on any atom is 0.226 e. The molecule has 23 heavy (non-hydrogen) atoms. The Kier molecular flexibility index (Phi) is 5.74. The Hall–Kier alpha value is -2.82. The van der Waals surface area contributed by atoms with E-state index in [4.69, 9.17) is 4.74 Å². The number of anilines is 2. The molecule has 2 aromatic carbocycles. The van der Waals surface area contributed by atoms with E-state index in [1.165, 1.54) is 6.92 Å². The van der Waals surface area contributed by atoms with Gasteiger partial charge in [-0.05, 0) is 43.3 Å². The maximum absolute atomic E-state index is 11.9. The topological polar surface area (TPSA) is 67.4 Å². The SMILES string of the molecule is COc1ccc(NC(=O)CCNc2cccc(C(C)=O)c2)cc1. The first kappa shape index (κ1) is 16.5. The van der Waals surface area contributed by atoms with Gasteiger partial charge in [-0.2, -0.15) is 0 Å². The van der Waals surface area contributed by atoms with Gasteiger partial charge in [-0.1, -0.05) is 12.1 Å². The summed E-state index contributed by atoms with van der Waals surface area (Å²) in [4.78, 5) is 23.2. The van der Waals surface area contributed by atoms with Gasteiger partial charge in [-0.3, -0.25) is 9.59 Å². The highest BCUT2D eigenvalue weighted by Crippen LogP contribution is 2.15. The molecule has 2 N–H and O–H groups in total. The lowest BCUT2D eigenvalue weighted by atomic mass is 10.1. The number of Topliss-reactive ketones (excluding diaryl/α,β-unsaturated/α-hetero) is 1. The molecule has 0 saturated carbocycles. The quantitative estimate of drug-likeness (QED) is 0.770. The van der Waals surface area contributed by atoms with E-state index >= 15 is 0 Å². The van der Waals surface area contributed by atoms with Crippen molar-refractivity contribution in [2.24, 2.45) is 0 Å². The van der Waals surface area contributed by atoms with E-state index in [0.29, 0.717) is 18.5 Å². The van der Waals surface area contributed by atoms with Crippen molar-refractivity contribution in [1.29, 1.82) is 0 Å². The van der Waals surface area contributed by atoms with Gasteiger partial charge in [0.2, 0.25) is 5.91 Å². The number of nitrogens with one attached hydrogen (secondary N) is 2. The highest BCUT2D eigenvalue weighted by atomic mass is 16.5. The largest absolute Gasteiger partial charge is 0.497 e. The molecule has 0 aliphatic rings. The van der Waals surface area contributed by atoms with E-state index < -0.39 is 0 Å². The van der Waals surface area contributed by atoms with Gasteiger partial charge in [0.05, 0.1) is 7.11 Å². The molecule has 0 fully saturated rings. The Labute approximate surface area is 135 Å². The second kappa shape index (κ2) is 7.98. The molecule has 0 aromatic heterocycles. The monoisotopic (exact) mass is 312 g/mol. The van der Waals surface area contributed by atoms with Gasteiger partial charge in [-0.15, -0.1) is 0 Å². The molecule has 2 rings (SSSR count). The number of ketones is 1. The summed E-state index contributed by atoms with van der Waals surface area (Å²) in [6.07, 6.45) is 0.330. The third kappa shape index (κ3) is 5.14. The Balaban J connectivity index is 1.80. The zero-order valence-corrected chi connectivity index (χ0v) is 13.3. The van der Waals surface area contributed by atoms with Crippen molar-refractivity contribution < 1.29 is 14.3 Å². The van der Waals surface area contributed by atoms with Crippen LogP contribution < -0.4 is 15.4 Å². The molecule has 2 aromatic rings. The molecule has 0 bridgehead atoms. The molecule has 0 atom stereocenters. The average Bonchev–Trinajstić information content (AvgIpc) is 2.56. The van der Waals surface area contributed by atoms with Crippen LogP contribution in [0.1, 0.15) is 23.7 Å². The molecule has 0 heterocycles. The summed E-state index contributed by atoms with van der Waals surface area (Å²) in [6, 6.07) is 14.4. The highest BCUT2D eigenvalue weighted by Gasteiger charge is 2.04. The highest BCUT2D eigenvalue weighted by molar-refractivity contribution is 5.95. The zero-order valence-electron chi connectivity index (χ0n) is 13.3. The molecule has 0 spiro atoms. The van der Waals surface area contributed by atoms with Gasteiger partial charge in [-0.25, -0.2) is 0 Å². The van der Waals surface area contributed by atoms with E-state index in [2.05, 4.69) is 10.6 Å². The predicted octanol–water partition coefficient (Wildman–Crippen LogP) is 3.34. The van der Waals surface area contributed by atoms with Crippen molar-refractivity contribution in [1.82, 2.24) is 0 Å². The number of ether oxygens (including phenoxy) is 1. The molecule has 5 nitrogen and oxygen atoms in total. The van der Waals surface area contributed by atoms with E-state index in [1.807, 2.05) is 12.1 Å². The molecule has 0 saturated heterocycles. The second-order valence-electron chi connectivity index (χ2n) is 5.09. The molecule has 1 amide bonds. The van der Waals surface area contributed by atoms with Crippen molar-refractivity contribution >= 4 is 23.1 Å². The summed E-state index contributed by atoms with van der Waals surface area (Å²) in [5, 5.41) is 5.96. The molecule has 0 unspecified atom stereocenters. The van der Waals surface area contributed by atoms with Crippen molar-refractivity contribution in [2.75, 3.05) is 24.3 Å². The third-order valence-corrected chi connectivity index (χ3v) is 3.32. The second-order valence-corrected chi connectivity index (χ2v) is 5.09. The van der Waals surface area contributed by atoms with Crippen LogP contribution in [0.15, 0.2) is 48.5 Å². The minimum atomic E-state index is -0.0783. The fourth-order valence-corrected chi connectivity index (χ4v) is 2.07. The third-order valence-electron chi connectivity index (χ3n) is 3.32. The van der Waals surface area contributed by atoms with E-state index in [9.17, 15) is 9.59 Å². The predicted molar refractivity (Wildman–Crippen MR) is 91.2 cm³/mol. The first-order valence-corrected chi connectivity index (χ1v) is 7.37. The maximum atomic E-state index is 11.9. The first-order valence-electron chi connectivity index (χ1n) is 7.37. The normalized spacial score (nSPS) is 10.0. The van der Waals surface area contributed by atoms with Gasteiger partial charge in [0, 0.05) is 29.9 Å². The van der Waals surface area contributed by atoms with Crippen LogP contribution in [0.3, 0.4) is 0 Å². The van der Waals surface area contributed by atoms with Crippen molar-refractivity contribution in [3.63, 3.8) is 0 Å². The molecular formula is C18H20N2O3. The number of amides is 1. The summed E-state index contributed by atoms with van der Waals surface area (Å²) in [6.45, 7) is 2.02. The van der Waals surface area contributed by atoms with Crippen LogP contribution in [0.2, 0.25) is 0 Å². The standard InChI is InChI=1S/C18H20N2O3/c1-13(21)14-4-3-5-16(12-14)19-11-10-18(22)20-15-6-8-17(23-2)9-7-15/h3-9,12,19H,10-11H2,1-2H3,(H,20,22). The van der Waals surface area contributed by atoms with Crippen LogP contribution >= 0.6 is 0 Å². The Morgan fingerprint density at radius 2 is 1.78 bits per heavy atom. The minimum Gasteiger partial charge on any atom is -0.497 e. The Bertz CT molecular complexity index is 681. The lowest BCUT2D eigenvalue weighted by Gasteiger charge is -2.09. The van der Waals surface area contributed by atoms with E-state index in [1.54, 1.807) is 43.5 Å².